The minimum atomic E-state index is -0.953. The second-order valence-electron chi connectivity index (χ2n) is 10.2. The number of hydrogen-bond acceptors (Lipinski definition) is 6. The number of aliphatic hydroxyl groups excluding tert-OH is 1. The summed E-state index contributed by atoms with van der Waals surface area (Å²) in [5, 5.41) is 11.7. The molecule has 0 saturated carbocycles. The first kappa shape index (κ1) is 26.6. The van der Waals surface area contributed by atoms with Crippen molar-refractivity contribution >= 4 is 44.1 Å². The van der Waals surface area contributed by atoms with Gasteiger partial charge in [-0.1, -0.05) is 43.4 Å². The van der Waals surface area contributed by atoms with E-state index in [-0.39, 0.29) is 16.9 Å². The first-order valence-corrected chi connectivity index (χ1v) is 13.6. The molecule has 0 bridgehead atoms. The van der Waals surface area contributed by atoms with Crippen molar-refractivity contribution in [3.05, 3.63) is 94.3 Å². The van der Waals surface area contributed by atoms with Crippen LogP contribution in [-0.4, -0.2) is 28.4 Å². The zero-order valence-electron chi connectivity index (χ0n) is 22.2. The Bertz CT molecular complexity index is 1610. The van der Waals surface area contributed by atoms with Crippen molar-refractivity contribution in [2.45, 2.75) is 40.2 Å². The van der Waals surface area contributed by atoms with Gasteiger partial charge in [-0.15, -0.1) is 0 Å². The van der Waals surface area contributed by atoms with E-state index in [0.717, 1.165) is 27.8 Å². The van der Waals surface area contributed by atoms with E-state index in [1.807, 2.05) is 32.0 Å². The molecule has 200 valence electrons. The van der Waals surface area contributed by atoms with Gasteiger partial charge in [-0.05, 0) is 85.3 Å². The first-order valence-electron chi connectivity index (χ1n) is 12.8. The zero-order chi connectivity index (χ0) is 27.8. The Hall–Kier alpha value is -4.04. The molecule has 1 unspecified atom stereocenters. The molecule has 1 aromatic heterocycles. The van der Waals surface area contributed by atoms with Crippen LogP contribution >= 0.6 is 11.3 Å². The predicted octanol–water partition coefficient (Wildman–Crippen LogP) is 7.10. The van der Waals surface area contributed by atoms with Gasteiger partial charge in [0.15, 0.2) is 5.13 Å². The average Bonchev–Trinajstić information content (AvgIpc) is 3.42. The number of rotatable bonds is 7. The maximum atomic E-state index is 13.6. The Morgan fingerprint density at radius 1 is 1.10 bits per heavy atom. The van der Waals surface area contributed by atoms with Gasteiger partial charge in [-0.25, -0.2) is 9.37 Å². The van der Waals surface area contributed by atoms with Crippen LogP contribution in [0.25, 0.3) is 16.0 Å². The zero-order valence-corrected chi connectivity index (χ0v) is 23.0. The smallest absolute Gasteiger partial charge is 0.301 e. The Balaban J connectivity index is 1.67. The fourth-order valence-electron chi connectivity index (χ4n) is 4.76. The van der Waals surface area contributed by atoms with Crippen LogP contribution in [-0.2, 0) is 9.59 Å². The van der Waals surface area contributed by atoms with Gasteiger partial charge in [0, 0.05) is 5.56 Å². The van der Waals surface area contributed by atoms with E-state index in [1.54, 1.807) is 18.2 Å². The van der Waals surface area contributed by atoms with E-state index in [9.17, 15) is 19.1 Å². The lowest BCUT2D eigenvalue weighted by molar-refractivity contribution is -0.132. The quantitative estimate of drug-likeness (QED) is 0.152. The van der Waals surface area contributed by atoms with Crippen molar-refractivity contribution in [1.82, 2.24) is 4.98 Å². The van der Waals surface area contributed by atoms with Crippen LogP contribution in [0.15, 0.2) is 66.2 Å². The number of ketones is 1. The van der Waals surface area contributed by atoms with E-state index >= 15 is 0 Å². The fourth-order valence-corrected chi connectivity index (χ4v) is 5.93. The number of thiazole rings is 1. The van der Waals surface area contributed by atoms with Crippen LogP contribution in [0.2, 0.25) is 0 Å². The third-order valence-corrected chi connectivity index (χ3v) is 7.73. The largest absolute Gasteiger partial charge is 0.507 e. The van der Waals surface area contributed by atoms with Gasteiger partial charge in [0.1, 0.15) is 17.3 Å². The molecule has 1 saturated heterocycles. The number of hydrogen-bond donors (Lipinski definition) is 1. The summed E-state index contributed by atoms with van der Waals surface area (Å²) in [4.78, 5) is 33.1. The number of ether oxygens (including phenoxy) is 1. The second-order valence-corrected chi connectivity index (χ2v) is 11.2. The number of benzene rings is 3. The molecule has 1 aliphatic heterocycles. The van der Waals surface area contributed by atoms with Crippen molar-refractivity contribution in [1.29, 1.82) is 0 Å². The highest BCUT2D eigenvalue weighted by Gasteiger charge is 2.48. The number of Topliss-reactive ketones (excluding diaryl/α,β-unsaturated/α-hetero) is 1. The van der Waals surface area contributed by atoms with Gasteiger partial charge < -0.3 is 9.84 Å². The van der Waals surface area contributed by atoms with Crippen LogP contribution in [0.3, 0.4) is 0 Å². The summed E-state index contributed by atoms with van der Waals surface area (Å²) in [7, 11) is 0. The van der Waals surface area contributed by atoms with Crippen LogP contribution in [0.5, 0.6) is 5.75 Å². The molecule has 0 aliphatic carbocycles. The number of carbonyl (C=O) groups excluding carboxylic acids is 2. The number of amides is 1. The van der Waals surface area contributed by atoms with Crippen molar-refractivity contribution in [2.24, 2.45) is 5.92 Å². The lowest BCUT2D eigenvalue weighted by Crippen LogP contribution is -2.29. The molecule has 1 amide bonds. The summed E-state index contributed by atoms with van der Waals surface area (Å²) < 4.78 is 20.5. The molecular formula is C31H29FN2O4S. The van der Waals surface area contributed by atoms with Gasteiger partial charge in [0.05, 0.1) is 28.4 Å². The molecule has 1 aliphatic rings. The normalized spacial score (nSPS) is 17.0. The van der Waals surface area contributed by atoms with Crippen molar-refractivity contribution in [3.63, 3.8) is 0 Å². The molecule has 4 aromatic rings. The summed E-state index contributed by atoms with van der Waals surface area (Å²) in [6, 6.07) is 15.4. The molecule has 1 N–H and O–H groups in total. The molecule has 6 nitrogen and oxygen atoms in total. The number of aromatic nitrogens is 1. The van der Waals surface area contributed by atoms with Crippen molar-refractivity contribution in [2.75, 3.05) is 11.5 Å². The van der Waals surface area contributed by atoms with E-state index < -0.39 is 23.5 Å². The highest BCUT2D eigenvalue weighted by molar-refractivity contribution is 7.22. The van der Waals surface area contributed by atoms with Crippen molar-refractivity contribution < 1.29 is 23.8 Å². The third kappa shape index (κ3) is 5.16. The van der Waals surface area contributed by atoms with Gasteiger partial charge in [-0.3, -0.25) is 14.5 Å². The van der Waals surface area contributed by atoms with E-state index in [0.29, 0.717) is 29.0 Å². The third-order valence-electron chi connectivity index (χ3n) is 6.72. The number of aliphatic hydroxyl groups is 1. The Morgan fingerprint density at radius 3 is 2.56 bits per heavy atom. The van der Waals surface area contributed by atoms with Gasteiger partial charge >= 0.3 is 5.91 Å². The number of anilines is 1. The fraction of sp³-hybridized carbons (Fsp3) is 0.258. The number of nitrogens with zero attached hydrogens (tertiary/aromatic N) is 2. The number of halogens is 1. The van der Waals surface area contributed by atoms with Gasteiger partial charge in [-0.2, -0.15) is 0 Å². The number of carbonyl (C=O) groups is 2. The predicted molar refractivity (Wildman–Crippen MR) is 152 cm³/mol. The van der Waals surface area contributed by atoms with Gasteiger partial charge in [0.25, 0.3) is 5.78 Å². The number of fused-ring (bicyclic) bond motifs is 1. The molecule has 8 heteroatoms. The second kappa shape index (κ2) is 10.6. The lowest BCUT2D eigenvalue weighted by Gasteiger charge is -2.23. The molecule has 0 radical (unpaired) electrons. The molecular weight excluding hydrogens is 515 g/mol. The minimum absolute atomic E-state index is 0.0851. The maximum Gasteiger partial charge on any atom is 0.301 e. The standard InChI is InChI=1S/C31H29FN2O4S/c1-17(2)12-13-38-23-7-5-6-21(16-23)27-25(28(35)20-8-10-22(32)11-9-20)29(36)30(37)34(27)31-33-26-19(4)14-18(3)15-24(26)39-31/h5-11,14-17,27,35H,12-13H2,1-4H3/b28-25+. The molecule has 39 heavy (non-hydrogen) atoms. The van der Waals surface area contributed by atoms with Crippen LogP contribution in [0.1, 0.15) is 48.6 Å². The SMILES string of the molecule is Cc1cc(C)c2nc(N3C(=O)C(=O)/C(=C(/O)c4ccc(F)cc4)C3c3cccc(OCCC(C)C)c3)sc2c1. The minimum Gasteiger partial charge on any atom is -0.507 e. The summed E-state index contributed by atoms with van der Waals surface area (Å²) in [6.45, 7) is 8.70. The van der Waals surface area contributed by atoms with Crippen LogP contribution in [0.4, 0.5) is 9.52 Å². The van der Waals surface area contributed by atoms with Crippen LogP contribution in [0, 0.1) is 25.6 Å². The summed E-state index contributed by atoms with van der Waals surface area (Å²) >= 11 is 1.32. The molecule has 1 fully saturated rings. The van der Waals surface area contributed by atoms with E-state index in [4.69, 9.17) is 9.72 Å². The monoisotopic (exact) mass is 544 g/mol. The Morgan fingerprint density at radius 2 is 1.85 bits per heavy atom. The highest BCUT2D eigenvalue weighted by Crippen LogP contribution is 2.45. The van der Waals surface area contributed by atoms with Crippen molar-refractivity contribution in [3.8, 4) is 5.75 Å². The van der Waals surface area contributed by atoms with E-state index in [1.165, 1.54) is 40.5 Å². The molecule has 3 aromatic carbocycles. The molecule has 1 atom stereocenters. The van der Waals surface area contributed by atoms with E-state index in [2.05, 4.69) is 13.8 Å². The molecule has 0 spiro atoms. The summed E-state index contributed by atoms with van der Waals surface area (Å²) in [5.74, 6) is -1.41. The average molecular weight is 545 g/mol. The molecule has 2 heterocycles. The lowest BCUT2D eigenvalue weighted by atomic mass is 9.95. The topological polar surface area (TPSA) is 79.7 Å². The first-order chi connectivity index (χ1) is 18.6. The highest BCUT2D eigenvalue weighted by atomic mass is 32.1. The number of aryl methyl sites for hydroxylation is 2. The summed E-state index contributed by atoms with van der Waals surface area (Å²) in [5.41, 5.74) is 3.53. The molecule has 5 rings (SSSR count). The Labute approximate surface area is 230 Å². The van der Waals surface area contributed by atoms with Gasteiger partial charge in [0.2, 0.25) is 0 Å². The van der Waals surface area contributed by atoms with Crippen LogP contribution < -0.4 is 9.64 Å². The summed E-state index contributed by atoms with van der Waals surface area (Å²) in [6.07, 6.45) is 0.873. The maximum absolute atomic E-state index is 13.6. The Kier molecular flexibility index (Phi) is 7.23.